The number of rotatable bonds is 2. The third-order valence-electron chi connectivity index (χ3n) is 2.58. The molecule has 0 aliphatic carbocycles. The summed E-state index contributed by atoms with van der Waals surface area (Å²) in [6.07, 6.45) is 3.19. The number of nitrogens with zero attached hydrogens (tertiary/aromatic N) is 4. The zero-order valence-corrected chi connectivity index (χ0v) is 9.80. The molecule has 2 aromatic rings. The first-order valence-corrected chi connectivity index (χ1v) is 5.74. The van der Waals surface area contributed by atoms with Crippen molar-refractivity contribution in [2.75, 3.05) is 19.8 Å². The summed E-state index contributed by atoms with van der Waals surface area (Å²) in [6.45, 7) is 2.45. The van der Waals surface area contributed by atoms with Crippen LogP contribution in [0.15, 0.2) is 12.4 Å². The monoisotopic (exact) mass is 254 g/mol. The van der Waals surface area contributed by atoms with Crippen molar-refractivity contribution in [1.29, 1.82) is 0 Å². The molecule has 90 valence electrons. The summed E-state index contributed by atoms with van der Waals surface area (Å²) in [7, 11) is 0. The minimum Gasteiger partial charge on any atom is -0.376 e. The van der Waals surface area contributed by atoms with Gasteiger partial charge in [0.05, 0.1) is 38.8 Å². The zero-order chi connectivity index (χ0) is 11.7. The molecular weight excluding hydrogens is 244 g/mol. The molecule has 17 heavy (non-hydrogen) atoms. The van der Waals surface area contributed by atoms with Crippen molar-refractivity contribution in [2.45, 2.75) is 12.6 Å². The Kier molecular flexibility index (Phi) is 2.92. The average molecular weight is 255 g/mol. The molecule has 0 saturated carbocycles. The summed E-state index contributed by atoms with van der Waals surface area (Å²) in [4.78, 5) is 8.35. The Morgan fingerprint density at radius 2 is 2.35 bits per heavy atom. The molecule has 7 heteroatoms. The van der Waals surface area contributed by atoms with Crippen molar-refractivity contribution < 1.29 is 9.47 Å². The van der Waals surface area contributed by atoms with Crippen molar-refractivity contribution in [2.24, 2.45) is 0 Å². The predicted octanol–water partition coefficient (Wildman–Crippen LogP) is 0.895. The van der Waals surface area contributed by atoms with Crippen LogP contribution in [0.4, 0.5) is 0 Å². The predicted molar refractivity (Wildman–Crippen MR) is 60.9 cm³/mol. The lowest BCUT2D eigenvalue weighted by atomic mass is 10.3. The van der Waals surface area contributed by atoms with E-state index >= 15 is 0 Å². The van der Waals surface area contributed by atoms with E-state index in [2.05, 4.69) is 15.1 Å². The highest BCUT2D eigenvalue weighted by atomic mass is 35.5. The third kappa shape index (κ3) is 2.24. The van der Waals surface area contributed by atoms with Crippen LogP contribution in [-0.4, -0.2) is 45.7 Å². The largest absolute Gasteiger partial charge is 0.376 e. The Labute approximate surface area is 103 Å². The van der Waals surface area contributed by atoms with Gasteiger partial charge >= 0.3 is 0 Å². The van der Waals surface area contributed by atoms with Crippen LogP contribution < -0.4 is 0 Å². The minimum absolute atomic E-state index is 0.00707. The van der Waals surface area contributed by atoms with Gasteiger partial charge in [-0.3, -0.25) is 0 Å². The minimum atomic E-state index is 0.00707. The standard InChI is InChI=1S/C10H11ClN4O2/c11-9-4-12-8-3-13-15(10(8)14-9)5-7-6-16-1-2-17-7/h3-4,7H,1-2,5-6H2/t7-/m1/s1. The summed E-state index contributed by atoms with van der Waals surface area (Å²) in [5, 5.41) is 4.59. The SMILES string of the molecule is Clc1cnc2cnn(C[C@@H]3COCCO3)c2n1. The molecule has 6 nitrogen and oxygen atoms in total. The molecular formula is C10H11ClN4O2. The van der Waals surface area contributed by atoms with Gasteiger partial charge < -0.3 is 9.47 Å². The van der Waals surface area contributed by atoms with Gasteiger partial charge in [0.2, 0.25) is 0 Å². The van der Waals surface area contributed by atoms with Crippen LogP contribution >= 0.6 is 11.6 Å². The Hall–Kier alpha value is -1.24. The van der Waals surface area contributed by atoms with E-state index in [1.54, 1.807) is 10.9 Å². The lowest BCUT2D eigenvalue weighted by molar-refractivity contribution is -0.0942. The first kappa shape index (κ1) is 10.9. The van der Waals surface area contributed by atoms with Gasteiger partial charge in [0.25, 0.3) is 0 Å². The van der Waals surface area contributed by atoms with Gasteiger partial charge in [-0.1, -0.05) is 11.6 Å². The van der Waals surface area contributed by atoms with Crippen LogP contribution in [0.1, 0.15) is 0 Å². The highest BCUT2D eigenvalue weighted by Crippen LogP contribution is 2.13. The van der Waals surface area contributed by atoms with Crippen LogP contribution in [0.2, 0.25) is 5.15 Å². The molecule has 0 bridgehead atoms. The third-order valence-corrected chi connectivity index (χ3v) is 2.76. The van der Waals surface area contributed by atoms with Crippen molar-refractivity contribution in [3.8, 4) is 0 Å². The molecule has 3 heterocycles. The van der Waals surface area contributed by atoms with Gasteiger partial charge in [0.15, 0.2) is 5.65 Å². The fraction of sp³-hybridized carbons (Fsp3) is 0.500. The molecule has 1 aliphatic rings. The first-order valence-electron chi connectivity index (χ1n) is 5.36. The Morgan fingerprint density at radius 1 is 1.41 bits per heavy atom. The van der Waals surface area contributed by atoms with Crippen molar-refractivity contribution in [3.05, 3.63) is 17.5 Å². The quantitative estimate of drug-likeness (QED) is 0.797. The van der Waals surface area contributed by atoms with E-state index in [0.717, 1.165) is 5.52 Å². The lowest BCUT2D eigenvalue weighted by Gasteiger charge is -2.22. The number of hydrogen-bond acceptors (Lipinski definition) is 5. The second-order valence-electron chi connectivity index (χ2n) is 3.80. The summed E-state index contributed by atoms with van der Waals surface area (Å²) >= 11 is 5.82. The highest BCUT2D eigenvalue weighted by Gasteiger charge is 2.17. The summed E-state index contributed by atoms with van der Waals surface area (Å²) < 4.78 is 12.6. The maximum atomic E-state index is 5.82. The maximum Gasteiger partial charge on any atom is 0.178 e. The molecule has 0 radical (unpaired) electrons. The molecule has 0 amide bonds. The number of fused-ring (bicyclic) bond motifs is 1. The van der Waals surface area contributed by atoms with Gasteiger partial charge in [-0.25, -0.2) is 14.6 Å². The smallest absolute Gasteiger partial charge is 0.178 e. The van der Waals surface area contributed by atoms with Crippen molar-refractivity contribution in [3.63, 3.8) is 0 Å². The molecule has 1 saturated heterocycles. The Bertz CT molecular complexity index is 524. The summed E-state index contributed by atoms with van der Waals surface area (Å²) in [5.74, 6) is 0. The zero-order valence-electron chi connectivity index (χ0n) is 9.04. The fourth-order valence-corrected chi connectivity index (χ4v) is 1.93. The first-order chi connectivity index (χ1) is 8.33. The molecule has 0 unspecified atom stereocenters. The van der Waals surface area contributed by atoms with E-state index < -0.39 is 0 Å². The molecule has 1 aliphatic heterocycles. The summed E-state index contributed by atoms with van der Waals surface area (Å²) in [5.41, 5.74) is 1.40. The van der Waals surface area contributed by atoms with Gasteiger partial charge in [-0.05, 0) is 0 Å². The highest BCUT2D eigenvalue weighted by molar-refractivity contribution is 6.29. The van der Waals surface area contributed by atoms with E-state index in [1.807, 2.05) is 0 Å². The van der Waals surface area contributed by atoms with E-state index in [9.17, 15) is 0 Å². The molecule has 0 spiro atoms. The van der Waals surface area contributed by atoms with E-state index in [1.165, 1.54) is 6.20 Å². The molecule has 0 N–H and O–H groups in total. The number of hydrogen-bond donors (Lipinski definition) is 0. The Morgan fingerprint density at radius 3 is 3.18 bits per heavy atom. The number of halogens is 1. The second kappa shape index (κ2) is 4.56. The van der Waals surface area contributed by atoms with E-state index in [0.29, 0.717) is 37.2 Å². The van der Waals surface area contributed by atoms with E-state index in [-0.39, 0.29) is 6.10 Å². The van der Waals surface area contributed by atoms with Crippen LogP contribution in [0.3, 0.4) is 0 Å². The maximum absolute atomic E-state index is 5.82. The van der Waals surface area contributed by atoms with Gasteiger partial charge in [0.1, 0.15) is 16.8 Å². The molecule has 2 aromatic heterocycles. The van der Waals surface area contributed by atoms with Gasteiger partial charge in [0, 0.05) is 0 Å². The second-order valence-corrected chi connectivity index (χ2v) is 4.18. The number of aromatic nitrogens is 4. The fourth-order valence-electron chi connectivity index (χ4n) is 1.80. The average Bonchev–Trinajstić information content (AvgIpc) is 2.73. The van der Waals surface area contributed by atoms with E-state index in [4.69, 9.17) is 21.1 Å². The number of ether oxygens (including phenoxy) is 2. The van der Waals surface area contributed by atoms with Crippen LogP contribution in [0, 0.1) is 0 Å². The van der Waals surface area contributed by atoms with Gasteiger partial charge in [-0.2, -0.15) is 5.10 Å². The molecule has 1 fully saturated rings. The van der Waals surface area contributed by atoms with Crippen LogP contribution in [-0.2, 0) is 16.0 Å². The molecule has 1 atom stereocenters. The Balaban J connectivity index is 1.86. The lowest BCUT2D eigenvalue weighted by Crippen LogP contribution is -2.32. The van der Waals surface area contributed by atoms with Crippen molar-refractivity contribution in [1.82, 2.24) is 19.7 Å². The van der Waals surface area contributed by atoms with Crippen LogP contribution in [0.25, 0.3) is 11.2 Å². The summed E-state index contributed by atoms with van der Waals surface area (Å²) in [6, 6.07) is 0. The van der Waals surface area contributed by atoms with Crippen LogP contribution in [0.5, 0.6) is 0 Å². The van der Waals surface area contributed by atoms with Gasteiger partial charge in [-0.15, -0.1) is 0 Å². The van der Waals surface area contributed by atoms with Crippen molar-refractivity contribution >= 4 is 22.8 Å². The molecule has 3 rings (SSSR count). The normalized spacial score (nSPS) is 20.9. The topological polar surface area (TPSA) is 62.1 Å². The molecule has 0 aromatic carbocycles.